The maximum atomic E-state index is 5.02. The lowest BCUT2D eigenvalue weighted by atomic mass is 9.81. The van der Waals surface area contributed by atoms with Crippen LogP contribution in [0.15, 0.2) is 44.9 Å². The fraction of sp³-hybridized carbons (Fsp3) is 0.579. The summed E-state index contributed by atoms with van der Waals surface area (Å²) in [6, 6.07) is 0.373. The van der Waals surface area contributed by atoms with Gasteiger partial charge in [0.15, 0.2) is 0 Å². The topological polar surface area (TPSA) is 24.7 Å². The van der Waals surface area contributed by atoms with Gasteiger partial charge in [-0.1, -0.05) is 26.8 Å². The molecule has 2 rings (SSSR count). The summed E-state index contributed by atoms with van der Waals surface area (Å²) in [7, 11) is 0. The minimum absolute atomic E-state index is 0.0571. The van der Waals surface area contributed by atoms with Crippen LogP contribution in [0.25, 0.3) is 0 Å². The molecule has 1 heterocycles. The molecule has 1 aliphatic carbocycles. The number of aliphatic imine (C=N–C) groups is 2. The van der Waals surface area contributed by atoms with Gasteiger partial charge in [-0.2, -0.15) is 0 Å². The molecular weight excluding hydrogens is 256 g/mol. The van der Waals surface area contributed by atoms with Crippen molar-refractivity contribution in [2.45, 2.75) is 72.4 Å². The molecule has 0 spiro atoms. The van der Waals surface area contributed by atoms with E-state index in [1.165, 1.54) is 22.4 Å². The van der Waals surface area contributed by atoms with E-state index in [4.69, 9.17) is 9.98 Å². The third kappa shape index (κ3) is 3.25. The number of hydrogen-bond donors (Lipinski definition) is 0. The molecule has 0 radical (unpaired) electrons. The molecule has 0 aromatic carbocycles. The molecule has 2 atom stereocenters. The standard InChI is InChI=1S/C19H28N2/c1-7-14(5)20-16-10-13(4)18-17(11-16)15(8-2)12-19(6,9-3)21-18/h10-12,14H,7-9H2,1-6H3. The van der Waals surface area contributed by atoms with Crippen molar-refractivity contribution in [3.05, 3.63) is 34.9 Å². The van der Waals surface area contributed by atoms with Crippen LogP contribution in [0.5, 0.6) is 0 Å². The summed E-state index contributed by atoms with van der Waals surface area (Å²) in [5.74, 6) is 0. The Bertz CT molecular complexity index is 572. The Morgan fingerprint density at radius 3 is 2.52 bits per heavy atom. The molecule has 2 unspecified atom stereocenters. The van der Waals surface area contributed by atoms with Crippen LogP contribution in [0.4, 0.5) is 0 Å². The first-order chi connectivity index (χ1) is 9.92. The number of dihydropyridines is 1. The lowest BCUT2D eigenvalue weighted by Gasteiger charge is -2.31. The predicted octanol–water partition coefficient (Wildman–Crippen LogP) is 5.07. The molecular formula is C19H28N2. The molecule has 0 bridgehead atoms. The van der Waals surface area contributed by atoms with Gasteiger partial charge in [0.25, 0.3) is 0 Å². The molecule has 21 heavy (non-hydrogen) atoms. The molecule has 1 aliphatic heterocycles. The van der Waals surface area contributed by atoms with Crippen molar-refractivity contribution in [3.8, 4) is 0 Å². The molecule has 0 aromatic rings. The average Bonchev–Trinajstić information content (AvgIpc) is 2.47. The Hall–Kier alpha value is -1.44. The van der Waals surface area contributed by atoms with Crippen LogP contribution in [0.2, 0.25) is 0 Å². The molecule has 0 aromatic heterocycles. The van der Waals surface area contributed by atoms with Crippen molar-refractivity contribution in [1.82, 2.24) is 0 Å². The van der Waals surface area contributed by atoms with Gasteiger partial charge in [-0.15, -0.1) is 0 Å². The van der Waals surface area contributed by atoms with E-state index in [1.54, 1.807) is 0 Å². The van der Waals surface area contributed by atoms with E-state index in [0.29, 0.717) is 6.04 Å². The number of hydrogen-bond acceptors (Lipinski definition) is 2. The van der Waals surface area contributed by atoms with E-state index in [1.807, 2.05) is 0 Å². The van der Waals surface area contributed by atoms with Gasteiger partial charge in [-0.25, -0.2) is 0 Å². The van der Waals surface area contributed by atoms with Gasteiger partial charge in [0.1, 0.15) is 0 Å². The van der Waals surface area contributed by atoms with Crippen molar-refractivity contribution >= 4 is 11.4 Å². The van der Waals surface area contributed by atoms with Crippen LogP contribution in [0.3, 0.4) is 0 Å². The van der Waals surface area contributed by atoms with Crippen LogP contribution >= 0.6 is 0 Å². The highest BCUT2D eigenvalue weighted by atomic mass is 14.9. The average molecular weight is 284 g/mol. The second-order valence-electron chi connectivity index (χ2n) is 6.39. The summed E-state index contributed by atoms with van der Waals surface area (Å²) in [5.41, 5.74) is 6.14. The van der Waals surface area contributed by atoms with E-state index < -0.39 is 0 Å². The van der Waals surface area contributed by atoms with Gasteiger partial charge < -0.3 is 0 Å². The van der Waals surface area contributed by atoms with Gasteiger partial charge in [0, 0.05) is 11.6 Å². The fourth-order valence-corrected chi connectivity index (χ4v) is 2.79. The quantitative estimate of drug-likeness (QED) is 0.644. The van der Waals surface area contributed by atoms with Crippen molar-refractivity contribution in [1.29, 1.82) is 0 Å². The maximum absolute atomic E-state index is 5.02. The second-order valence-corrected chi connectivity index (χ2v) is 6.39. The predicted molar refractivity (Wildman–Crippen MR) is 93.5 cm³/mol. The van der Waals surface area contributed by atoms with Gasteiger partial charge in [-0.3, -0.25) is 9.98 Å². The Kier molecular flexibility index (Phi) is 4.65. The van der Waals surface area contributed by atoms with E-state index in [0.717, 1.165) is 25.0 Å². The third-order valence-corrected chi connectivity index (χ3v) is 4.54. The largest absolute Gasteiger partial charge is 0.282 e. The molecule has 0 N–H and O–H groups in total. The maximum Gasteiger partial charge on any atom is 0.0770 e. The van der Waals surface area contributed by atoms with E-state index in [9.17, 15) is 0 Å². The van der Waals surface area contributed by atoms with E-state index in [-0.39, 0.29) is 5.54 Å². The lowest BCUT2D eigenvalue weighted by Crippen LogP contribution is -2.29. The Morgan fingerprint density at radius 1 is 1.24 bits per heavy atom. The minimum Gasteiger partial charge on any atom is -0.282 e. The molecule has 0 saturated heterocycles. The molecule has 2 aliphatic rings. The molecule has 0 fully saturated rings. The summed E-state index contributed by atoms with van der Waals surface area (Å²) >= 11 is 0. The third-order valence-electron chi connectivity index (χ3n) is 4.54. The molecule has 0 amide bonds. The fourth-order valence-electron chi connectivity index (χ4n) is 2.79. The van der Waals surface area contributed by atoms with Crippen molar-refractivity contribution < 1.29 is 0 Å². The summed E-state index contributed by atoms with van der Waals surface area (Å²) < 4.78 is 0. The lowest BCUT2D eigenvalue weighted by molar-refractivity contribution is 0.558. The monoisotopic (exact) mass is 284 g/mol. The van der Waals surface area contributed by atoms with Gasteiger partial charge >= 0.3 is 0 Å². The highest BCUT2D eigenvalue weighted by Crippen LogP contribution is 2.34. The Balaban J connectivity index is 2.49. The summed E-state index contributed by atoms with van der Waals surface area (Å²) in [6.45, 7) is 13.2. The van der Waals surface area contributed by atoms with Crippen molar-refractivity contribution in [2.24, 2.45) is 9.98 Å². The van der Waals surface area contributed by atoms with Crippen molar-refractivity contribution in [3.63, 3.8) is 0 Å². The van der Waals surface area contributed by atoms with Crippen LogP contribution in [-0.4, -0.2) is 23.0 Å². The zero-order valence-electron chi connectivity index (χ0n) is 14.3. The molecule has 0 saturated carbocycles. The minimum atomic E-state index is -0.0571. The first kappa shape index (κ1) is 15.9. The van der Waals surface area contributed by atoms with Gasteiger partial charge in [0.05, 0.1) is 17.0 Å². The molecule has 2 heteroatoms. The van der Waals surface area contributed by atoms with Crippen molar-refractivity contribution in [2.75, 3.05) is 0 Å². The molecule has 2 nitrogen and oxygen atoms in total. The SMILES string of the molecule is CCC1=CC(C)(CC)N=C2C(C)=CC(=NC(C)CC)C=C12. The van der Waals surface area contributed by atoms with E-state index >= 15 is 0 Å². The van der Waals surface area contributed by atoms with Crippen LogP contribution in [0.1, 0.15) is 60.8 Å². The van der Waals surface area contributed by atoms with E-state index in [2.05, 4.69) is 59.8 Å². The zero-order valence-corrected chi connectivity index (χ0v) is 14.3. The number of rotatable bonds is 4. The summed E-state index contributed by atoms with van der Waals surface area (Å²) in [6.07, 6.45) is 9.91. The normalized spacial score (nSPS) is 28.4. The highest BCUT2D eigenvalue weighted by Gasteiger charge is 2.29. The smallest absolute Gasteiger partial charge is 0.0770 e. The number of allylic oxidation sites excluding steroid dienone is 5. The van der Waals surface area contributed by atoms with Crippen LogP contribution < -0.4 is 0 Å². The number of nitrogens with zero attached hydrogens (tertiary/aromatic N) is 2. The van der Waals surface area contributed by atoms with Crippen LogP contribution in [0, 0.1) is 0 Å². The van der Waals surface area contributed by atoms with Crippen LogP contribution in [-0.2, 0) is 0 Å². The Morgan fingerprint density at radius 2 is 1.95 bits per heavy atom. The number of fused-ring (bicyclic) bond motifs is 1. The van der Waals surface area contributed by atoms with Gasteiger partial charge in [0.2, 0.25) is 0 Å². The highest BCUT2D eigenvalue weighted by molar-refractivity contribution is 6.26. The summed E-state index contributed by atoms with van der Waals surface area (Å²) in [4.78, 5) is 9.82. The molecule has 114 valence electrons. The summed E-state index contributed by atoms with van der Waals surface area (Å²) in [5, 5.41) is 0. The first-order valence-corrected chi connectivity index (χ1v) is 8.23. The zero-order chi connectivity index (χ0) is 15.6. The second kappa shape index (κ2) is 6.13. The Labute approximate surface area is 129 Å². The first-order valence-electron chi connectivity index (χ1n) is 8.23. The van der Waals surface area contributed by atoms with Gasteiger partial charge in [-0.05, 0) is 63.3 Å².